The number of nitrogens with zero attached hydrogens (tertiary/aromatic N) is 2. The summed E-state index contributed by atoms with van der Waals surface area (Å²) in [6.45, 7) is 9.50. The maximum absolute atomic E-state index is 13.2. The second kappa shape index (κ2) is 10.0. The molecule has 3 atom stereocenters. The number of ether oxygens (including phenoxy) is 2. The molecule has 3 aliphatic carbocycles. The van der Waals surface area contributed by atoms with Gasteiger partial charge in [0.2, 0.25) is 0 Å². The number of amides is 1. The van der Waals surface area contributed by atoms with Gasteiger partial charge in [0.15, 0.2) is 0 Å². The zero-order valence-electron chi connectivity index (χ0n) is 25.0. The van der Waals surface area contributed by atoms with Gasteiger partial charge in [-0.25, -0.2) is 4.79 Å². The predicted molar refractivity (Wildman–Crippen MR) is 159 cm³/mol. The van der Waals surface area contributed by atoms with Crippen molar-refractivity contribution in [1.29, 1.82) is 0 Å². The third-order valence-electron chi connectivity index (χ3n) is 10.5. The summed E-state index contributed by atoms with van der Waals surface area (Å²) in [6.07, 6.45) is 7.88. The largest absolute Gasteiger partial charge is 0.489 e. The molecule has 1 N–H and O–H groups in total. The molecule has 6 heteroatoms. The van der Waals surface area contributed by atoms with Crippen LogP contribution in [-0.2, 0) is 23.2 Å². The van der Waals surface area contributed by atoms with Gasteiger partial charge in [0.05, 0.1) is 5.60 Å². The zero-order chi connectivity index (χ0) is 28.4. The molecule has 4 fully saturated rings. The minimum atomic E-state index is -0.901. The maximum atomic E-state index is 13.2. The van der Waals surface area contributed by atoms with Gasteiger partial charge >= 0.3 is 6.09 Å². The van der Waals surface area contributed by atoms with Crippen molar-refractivity contribution in [3.05, 3.63) is 64.7 Å². The quantitative estimate of drug-likeness (QED) is 0.459. The molecular weight excluding hydrogens is 512 g/mol. The van der Waals surface area contributed by atoms with E-state index >= 15 is 0 Å². The number of carbonyl (C=O) groups excluding carboxylic acids is 1. The zero-order valence-corrected chi connectivity index (χ0v) is 25.0. The van der Waals surface area contributed by atoms with E-state index < -0.39 is 16.6 Å². The normalized spacial score (nSPS) is 29.8. The van der Waals surface area contributed by atoms with Gasteiger partial charge in [-0.1, -0.05) is 36.4 Å². The summed E-state index contributed by atoms with van der Waals surface area (Å²) in [5.41, 5.74) is 3.31. The summed E-state index contributed by atoms with van der Waals surface area (Å²) < 4.78 is 12.4. The lowest BCUT2D eigenvalue weighted by Gasteiger charge is -2.61. The van der Waals surface area contributed by atoms with Gasteiger partial charge in [-0.2, -0.15) is 0 Å². The highest BCUT2D eigenvalue weighted by molar-refractivity contribution is 5.68. The SMILES string of the molecule is CC(C)(C)OC(=O)N1CCC23CCN(CC4CC4)C(Cc4cc(C5CC5)c(OCc5ccccc5)cc42)C3(O)CC1. The Hall–Kier alpha value is -2.57. The summed E-state index contributed by atoms with van der Waals surface area (Å²) >= 11 is 0. The van der Waals surface area contributed by atoms with E-state index in [9.17, 15) is 9.90 Å². The van der Waals surface area contributed by atoms with E-state index in [0.29, 0.717) is 32.0 Å². The van der Waals surface area contributed by atoms with Crippen molar-refractivity contribution < 1.29 is 19.4 Å². The summed E-state index contributed by atoms with van der Waals surface area (Å²) in [5, 5.41) is 13.0. The first-order valence-corrected chi connectivity index (χ1v) is 15.9. The highest BCUT2D eigenvalue weighted by atomic mass is 16.6. The van der Waals surface area contributed by atoms with E-state index in [-0.39, 0.29) is 12.1 Å². The molecule has 1 amide bonds. The lowest BCUT2D eigenvalue weighted by Crippen LogP contribution is -2.71. The second-order valence-corrected chi connectivity index (χ2v) is 14.5. The van der Waals surface area contributed by atoms with E-state index in [0.717, 1.165) is 49.6 Å². The number of benzene rings is 2. The van der Waals surface area contributed by atoms with E-state index in [1.165, 1.54) is 42.4 Å². The molecule has 3 unspecified atom stereocenters. The summed E-state index contributed by atoms with van der Waals surface area (Å²) in [7, 11) is 0. The minimum absolute atomic E-state index is 0.0751. The van der Waals surface area contributed by atoms with Crippen molar-refractivity contribution in [1.82, 2.24) is 9.80 Å². The van der Waals surface area contributed by atoms with Crippen LogP contribution >= 0.6 is 0 Å². The van der Waals surface area contributed by atoms with E-state index in [1.807, 2.05) is 31.7 Å². The summed E-state index contributed by atoms with van der Waals surface area (Å²) in [4.78, 5) is 17.7. The smallest absolute Gasteiger partial charge is 0.410 e. The Bertz CT molecular complexity index is 1300. The second-order valence-electron chi connectivity index (χ2n) is 14.5. The highest BCUT2D eigenvalue weighted by Crippen LogP contribution is 2.58. The molecule has 2 aromatic rings. The lowest BCUT2D eigenvalue weighted by molar-refractivity contribution is -0.149. The van der Waals surface area contributed by atoms with Crippen LogP contribution in [0.2, 0.25) is 0 Å². The van der Waals surface area contributed by atoms with Crippen molar-refractivity contribution in [2.24, 2.45) is 5.92 Å². The molecule has 0 radical (unpaired) electrons. The Kier molecular flexibility index (Phi) is 6.66. The molecule has 41 heavy (non-hydrogen) atoms. The summed E-state index contributed by atoms with van der Waals surface area (Å²) in [6, 6.07) is 15.2. The number of hydrogen-bond acceptors (Lipinski definition) is 5. The highest BCUT2D eigenvalue weighted by Gasteiger charge is 2.63. The molecule has 5 aliphatic rings. The molecule has 0 aromatic heterocycles. The summed E-state index contributed by atoms with van der Waals surface area (Å²) in [5.74, 6) is 2.33. The topological polar surface area (TPSA) is 62.2 Å². The van der Waals surface area contributed by atoms with Gasteiger partial charge in [0.25, 0.3) is 0 Å². The van der Waals surface area contributed by atoms with E-state index in [1.54, 1.807) is 0 Å². The van der Waals surface area contributed by atoms with Gasteiger partial charge in [0, 0.05) is 31.1 Å². The Morgan fingerprint density at radius 2 is 1.73 bits per heavy atom. The third-order valence-corrected chi connectivity index (χ3v) is 10.5. The van der Waals surface area contributed by atoms with Crippen molar-refractivity contribution in [3.63, 3.8) is 0 Å². The van der Waals surface area contributed by atoms with Crippen molar-refractivity contribution in [2.45, 2.75) is 107 Å². The van der Waals surface area contributed by atoms with Crippen LogP contribution in [0.15, 0.2) is 42.5 Å². The van der Waals surface area contributed by atoms with Crippen LogP contribution in [0.1, 0.15) is 93.9 Å². The number of piperidine rings is 1. The van der Waals surface area contributed by atoms with Gasteiger partial charge < -0.3 is 19.5 Å². The van der Waals surface area contributed by atoms with Crippen LogP contribution in [0.25, 0.3) is 0 Å². The van der Waals surface area contributed by atoms with Crippen molar-refractivity contribution >= 4 is 6.09 Å². The number of rotatable bonds is 6. The van der Waals surface area contributed by atoms with Gasteiger partial charge in [-0.15, -0.1) is 0 Å². The molecule has 220 valence electrons. The van der Waals surface area contributed by atoms with Gasteiger partial charge in [-0.3, -0.25) is 4.90 Å². The number of carbonyl (C=O) groups is 1. The minimum Gasteiger partial charge on any atom is -0.489 e. The first-order chi connectivity index (χ1) is 19.7. The van der Waals surface area contributed by atoms with Crippen LogP contribution in [0, 0.1) is 5.92 Å². The molecule has 0 spiro atoms. The standard InChI is InChI=1S/C35H46N2O4/c1-33(2,3)41-32(38)36-16-13-34-14-17-37(22-24-9-10-24)31(35(34,39)15-18-36)20-27-19-28(26-11-12-26)30(21-29(27)34)40-23-25-7-5-4-6-8-25/h4-8,19,21,24,26,31,39H,9-18,20,22-23H2,1-3H3. The fraction of sp³-hybridized carbons (Fsp3) is 0.629. The number of aliphatic hydroxyl groups is 1. The molecule has 2 aromatic carbocycles. The predicted octanol–water partition coefficient (Wildman–Crippen LogP) is 6.18. The Labute approximate surface area is 245 Å². The lowest BCUT2D eigenvalue weighted by atomic mass is 9.52. The van der Waals surface area contributed by atoms with E-state index in [4.69, 9.17) is 9.47 Å². The molecule has 2 aliphatic heterocycles. The van der Waals surface area contributed by atoms with Crippen LogP contribution in [-0.4, -0.2) is 64.4 Å². The Morgan fingerprint density at radius 1 is 1.00 bits per heavy atom. The van der Waals surface area contributed by atoms with Crippen LogP contribution in [0.4, 0.5) is 4.79 Å². The number of fused-ring (bicyclic) bond motifs is 1. The van der Waals surface area contributed by atoms with Gasteiger partial charge in [-0.05, 0) is 119 Å². The molecule has 7 rings (SSSR count). The average molecular weight is 559 g/mol. The Balaban J connectivity index is 1.27. The monoisotopic (exact) mass is 558 g/mol. The molecule has 2 saturated carbocycles. The molecule has 2 bridgehead atoms. The molecule has 2 heterocycles. The average Bonchev–Trinajstić information content (AvgIpc) is 3.84. The molecular formula is C35H46N2O4. The van der Waals surface area contributed by atoms with Gasteiger partial charge in [0.1, 0.15) is 18.0 Å². The molecule has 2 saturated heterocycles. The van der Waals surface area contributed by atoms with Crippen molar-refractivity contribution in [2.75, 3.05) is 26.2 Å². The van der Waals surface area contributed by atoms with Crippen LogP contribution in [0.5, 0.6) is 5.75 Å². The maximum Gasteiger partial charge on any atom is 0.410 e. The fourth-order valence-electron chi connectivity index (χ4n) is 8.02. The third kappa shape index (κ3) is 5.05. The molecule has 6 nitrogen and oxygen atoms in total. The Morgan fingerprint density at radius 3 is 2.44 bits per heavy atom. The first-order valence-electron chi connectivity index (χ1n) is 15.9. The van der Waals surface area contributed by atoms with Crippen molar-refractivity contribution in [3.8, 4) is 5.75 Å². The van der Waals surface area contributed by atoms with Crippen LogP contribution < -0.4 is 4.74 Å². The number of likely N-dealkylation sites (tertiary alicyclic amines) is 2. The van der Waals surface area contributed by atoms with Crippen LogP contribution in [0.3, 0.4) is 0 Å². The fourth-order valence-corrected chi connectivity index (χ4v) is 8.02. The van der Waals surface area contributed by atoms with E-state index in [2.05, 4.69) is 41.3 Å². The first kappa shape index (κ1) is 27.3. The number of hydrogen-bond donors (Lipinski definition) is 1.